The van der Waals surface area contributed by atoms with Gasteiger partial charge in [-0.05, 0) is 6.07 Å². The van der Waals surface area contributed by atoms with Gasteiger partial charge in [-0.1, -0.05) is 11.6 Å². The Morgan fingerprint density at radius 2 is 2.07 bits per heavy atom. The average molecular weight is 237 g/mol. The second-order valence-electron chi connectivity index (χ2n) is 2.71. The van der Waals surface area contributed by atoms with E-state index in [1.807, 2.05) is 0 Å². The van der Waals surface area contributed by atoms with Crippen LogP contribution >= 0.6 is 11.6 Å². The van der Waals surface area contributed by atoms with Gasteiger partial charge in [0.2, 0.25) is 0 Å². The fourth-order valence-corrected chi connectivity index (χ4v) is 1.16. The molecule has 82 valence electrons. The van der Waals surface area contributed by atoms with Gasteiger partial charge in [0.05, 0.1) is 12.1 Å². The van der Waals surface area contributed by atoms with E-state index in [9.17, 15) is 18.7 Å². The Hall–Kier alpha value is -1.20. The SMILES string of the molecule is COC(=O)C(O)c1cc(Cl)c(F)cc1F. The number of benzene rings is 1. The number of halogens is 3. The van der Waals surface area contributed by atoms with Crippen LogP contribution in [0.4, 0.5) is 8.78 Å². The van der Waals surface area contributed by atoms with E-state index in [1.54, 1.807) is 0 Å². The zero-order chi connectivity index (χ0) is 11.6. The maximum atomic E-state index is 13.1. The first kappa shape index (κ1) is 11.9. The van der Waals surface area contributed by atoms with Crippen LogP contribution in [0.5, 0.6) is 0 Å². The van der Waals surface area contributed by atoms with E-state index < -0.39 is 29.3 Å². The van der Waals surface area contributed by atoms with Crippen LogP contribution in [-0.2, 0) is 9.53 Å². The largest absolute Gasteiger partial charge is 0.467 e. The van der Waals surface area contributed by atoms with Gasteiger partial charge in [-0.25, -0.2) is 13.6 Å². The van der Waals surface area contributed by atoms with Crippen molar-refractivity contribution < 1.29 is 23.4 Å². The van der Waals surface area contributed by atoms with Crippen LogP contribution in [0, 0.1) is 11.6 Å². The number of rotatable bonds is 2. The number of carbonyl (C=O) groups is 1. The van der Waals surface area contributed by atoms with Gasteiger partial charge in [0.25, 0.3) is 0 Å². The van der Waals surface area contributed by atoms with Crippen LogP contribution in [0.25, 0.3) is 0 Å². The minimum absolute atomic E-state index is 0.380. The molecule has 0 aliphatic carbocycles. The Morgan fingerprint density at radius 1 is 1.47 bits per heavy atom. The predicted octanol–water partition coefficient (Wildman–Crippen LogP) is 1.82. The molecule has 6 heteroatoms. The molecule has 0 heterocycles. The van der Waals surface area contributed by atoms with E-state index in [2.05, 4.69) is 4.74 Å². The summed E-state index contributed by atoms with van der Waals surface area (Å²) >= 11 is 5.37. The third kappa shape index (κ3) is 2.43. The summed E-state index contributed by atoms with van der Waals surface area (Å²) in [6.45, 7) is 0. The maximum absolute atomic E-state index is 13.1. The average Bonchev–Trinajstić information content (AvgIpc) is 2.21. The molecular formula is C9H7ClF2O3. The van der Waals surface area contributed by atoms with Gasteiger partial charge in [0, 0.05) is 11.6 Å². The van der Waals surface area contributed by atoms with Crippen LogP contribution < -0.4 is 0 Å². The van der Waals surface area contributed by atoms with E-state index in [4.69, 9.17) is 11.6 Å². The number of hydrogen-bond donors (Lipinski definition) is 1. The number of hydrogen-bond acceptors (Lipinski definition) is 3. The summed E-state index contributed by atoms with van der Waals surface area (Å²) in [4.78, 5) is 10.9. The summed E-state index contributed by atoms with van der Waals surface area (Å²) < 4.78 is 30.0. The van der Waals surface area contributed by atoms with Crippen LogP contribution in [0.15, 0.2) is 12.1 Å². The first-order valence-electron chi connectivity index (χ1n) is 3.87. The molecule has 3 nitrogen and oxygen atoms in total. The van der Waals surface area contributed by atoms with Crippen molar-refractivity contribution in [2.75, 3.05) is 7.11 Å². The van der Waals surface area contributed by atoms with Gasteiger partial charge in [-0.15, -0.1) is 0 Å². The monoisotopic (exact) mass is 236 g/mol. The highest BCUT2D eigenvalue weighted by Crippen LogP contribution is 2.24. The topological polar surface area (TPSA) is 46.5 Å². The quantitative estimate of drug-likeness (QED) is 0.629. The molecule has 0 aliphatic rings. The predicted molar refractivity (Wildman–Crippen MR) is 48.3 cm³/mol. The van der Waals surface area contributed by atoms with Gasteiger partial charge in [-0.3, -0.25) is 0 Å². The Morgan fingerprint density at radius 3 is 2.60 bits per heavy atom. The number of aliphatic hydroxyl groups is 1. The van der Waals surface area contributed by atoms with E-state index in [0.29, 0.717) is 6.07 Å². The summed E-state index contributed by atoms with van der Waals surface area (Å²) in [6.07, 6.45) is -1.81. The molecule has 0 fully saturated rings. The van der Waals surface area contributed by atoms with Crippen LogP contribution in [-0.4, -0.2) is 18.2 Å². The lowest BCUT2D eigenvalue weighted by Gasteiger charge is -2.10. The summed E-state index contributed by atoms with van der Waals surface area (Å²) in [5.74, 6) is -3.07. The van der Waals surface area contributed by atoms with Gasteiger partial charge in [0.15, 0.2) is 6.10 Å². The van der Waals surface area contributed by atoms with Crippen molar-refractivity contribution in [2.24, 2.45) is 0 Å². The Kier molecular flexibility index (Phi) is 3.60. The third-order valence-electron chi connectivity index (χ3n) is 1.76. The van der Waals surface area contributed by atoms with Crippen LogP contribution in [0.3, 0.4) is 0 Å². The fourth-order valence-electron chi connectivity index (χ4n) is 0.986. The number of esters is 1. The molecular weight excluding hydrogens is 230 g/mol. The Balaban J connectivity index is 3.14. The van der Waals surface area contributed by atoms with Gasteiger partial charge in [0.1, 0.15) is 11.6 Å². The van der Waals surface area contributed by atoms with Crippen molar-refractivity contribution in [3.63, 3.8) is 0 Å². The molecule has 0 spiro atoms. The highest BCUT2D eigenvalue weighted by Gasteiger charge is 2.23. The summed E-state index contributed by atoms with van der Waals surface area (Å²) in [5, 5.41) is 8.91. The molecule has 0 saturated carbocycles. The second kappa shape index (κ2) is 4.55. The lowest BCUT2D eigenvalue weighted by atomic mass is 10.1. The summed E-state index contributed by atoms with van der Waals surface area (Å²) in [7, 11) is 1.04. The van der Waals surface area contributed by atoms with Crippen LogP contribution in [0.2, 0.25) is 5.02 Å². The van der Waals surface area contributed by atoms with E-state index in [0.717, 1.165) is 13.2 Å². The number of ether oxygens (including phenoxy) is 1. The van der Waals surface area contributed by atoms with E-state index in [-0.39, 0.29) is 5.02 Å². The number of methoxy groups -OCH3 is 1. The Labute approximate surface area is 89.2 Å². The highest BCUT2D eigenvalue weighted by atomic mass is 35.5. The van der Waals surface area contributed by atoms with Crippen molar-refractivity contribution in [3.8, 4) is 0 Å². The van der Waals surface area contributed by atoms with Crippen molar-refractivity contribution in [2.45, 2.75) is 6.10 Å². The van der Waals surface area contributed by atoms with Crippen LogP contribution in [0.1, 0.15) is 11.7 Å². The second-order valence-corrected chi connectivity index (χ2v) is 3.12. The molecule has 1 aromatic rings. The van der Waals surface area contributed by atoms with Gasteiger partial charge >= 0.3 is 5.97 Å². The molecule has 0 amide bonds. The molecule has 1 rings (SSSR count). The standard InChI is InChI=1S/C9H7ClF2O3/c1-15-9(14)8(13)4-2-5(10)7(12)3-6(4)11/h2-3,8,13H,1H3. The lowest BCUT2D eigenvalue weighted by molar-refractivity contribution is -0.150. The minimum atomic E-state index is -1.81. The van der Waals surface area contributed by atoms with Crippen molar-refractivity contribution in [1.29, 1.82) is 0 Å². The van der Waals surface area contributed by atoms with Gasteiger partial charge < -0.3 is 9.84 Å². The van der Waals surface area contributed by atoms with Crippen molar-refractivity contribution >= 4 is 17.6 Å². The molecule has 1 unspecified atom stereocenters. The number of carbonyl (C=O) groups excluding carboxylic acids is 1. The normalized spacial score (nSPS) is 12.3. The van der Waals surface area contributed by atoms with Crippen molar-refractivity contribution in [1.82, 2.24) is 0 Å². The maximum Gasteiger partial charge on any atom is 0.339 e. The molecule has 1 atom stereocenters. The zero-order valence-electron chi connectivity index (χ0n) is 7.63. The molecule has 0 radical (unpaired) electrons. The molecule has 1 aromatic carbocycles. The molecule has 0 aromatic heterocycles. The summed E-state index contributed by atoms with van der Waals surface area (Å²) in [5.41, 5.74) is -0.423. The molecule has 0 aliphatic heterocycles. The van der Waals surface area contributed by atoms with Gasteiger partial charge in [-0.2, -0.15) is 0 Å². The zero-order valence-corrected chi connectivity index (χ0v) is 8.39. The molecule has 0 saturated heterocycles. The molecule has 15 heavy (non-hydrogen) atoms. The molecule has 1 N–H and O–H groups in total. The minimum Gasteiger partial charge on any atom is -0.467 e. The highest BCUT2D eigenvalue weighted by molar-refractivity contribution is 6.30. The van der Waals surface area contributed by atoms with E-state index in [1.165, 1.54) is 0 Å². The molecule has 0 bridgehead atoms. The smallest absolute Gasteiger partial charge is 0.339 e. The Bertz CT molecular complexity index is 395. The summed E-state index contributed by atoms with van der Waals surface area (Å²) in [6, 6.07) is 1.33. The first-order valence-corrected chi connectivity index (χ1v) is 4.25. The van der Waals surface area contributed by atoms with Crippen molar-refractivity contribution in [3.05, 3.63) is 34.4 Å². The fraction of sp³-hybridized carbons (Fsp3) is 0.222. The lowest BCUT2D eigenvalue weighted by Crippen LogP contribution is -2.15. The first-order chi connectivity index (χ1) is 6.97. The van der Waals surface area contributed by atoms with E-state index >= 15 is 0 Å². The number of aliphatic hydroxyl groups excluding tert-OH is 1. The third-order valence-corrected chi connectivity index (χ3v) is 2.05.